The Kier molecular flexibility index (Phi) is 5.20. The van der Waals surface area contributed by atoms with Crippen molar-refractivity contribution in [2.45, 2.75) is 40.3 Å². The standard InChI is InChI=1S/C22H24N6O/c1-14-10-18-13-28(9-6-19(18)24-11-14)21-16(3)15(2)20(26-27-21)22(29)25-12-17-4-7-23-8-5-17/h4-5,7-8,10-11H,6,9,12-13H2,1-3H3,(H,25,29). The van der Waals surface area contributed by atoms with Crippen molar-refractivity contribution in [3.63, 3.8) is 0 Å². The fourth-order valence-electron chi connectivity index (χ4n) is 3.60. The molecule has 1 N–H and O–H groups in total. The lowest BCUT2D eigenvalue weighted by Crippen LogP contribution is -2.33. The van der Waals surface area contributed by atoms with Crippen molar-refractivity contribution in [3.8, 4) is 0 Å². The highest BCUT2D eigenvalue weighted by molar-refractivity contribution is 5.94. The molecule has 148 valence electrons. The SMILES string of the molecule is Cc1cnc2c(c1)CN(c1nnc(C(=O)NCc3ccncc3)c(C)c1C)CC2. The van der Waals surface area contributed by atoms with Crippen molar-refractivity contribution in [2.75, 3.05) is 11.4 Å². The molecule has 1 aliphatic heterocycles. The van der Waals surface area contributed by atoms with Gasteiger partial charge in [0.2, 0.25) is 0 Å². The minimum Gasteiger partial charge on any atom is -0.350 e. The highest BCUT2D eigenvalue weighted by atomic mass is 16.1. The average molecular weight is 388 g/mol. The molecule has 4 heterocycles. The van der Waals surface area contributed by atoms with Crippen LogP contribution >= 0.6 is 0 Å². The summed E-state index contributed by atoms with van der Waals surface area (Å²) in [5, 5.41) is 11.6. The van der Waals surface area contributed by atoms with Crippen LogP contribution in [0.1, 0.15) is 44.0 Å². The summed E-state index contributed by atoms with van der Waals surface area (Å²) < 4.78 is 0. The van der Waals surface area contributed by atoms with Gasteiger partial charge in [0.25, 0.3) is 5.91 Å². The summed E-state index contributed by atoms with van der Waals surface area (Å²) >= 11 is 0. The molecule has 1 aliphatic rings. The first-order chi connectivity index (χ1) is 14.0. The van der Waals surface area contributed by atoms with E-state index in [1.165, 1.54) is 5.56 Å². The zero-order valence-electron chi connectivity index (χ0n) is 16.9. The molecule has 0 unspecified atom stereocenters. The third-order valence-electron chi connectivity index (χ3n) is 5.39. The Bertz CT molecular complexity index is 1050. The maximum Gasteiger partial charge on any atom is 0.272 e. The van der Waals surface area contributed by atoms with Crippen LogP contribution in [0.4, 0.5) is 5.82 Å². The van der Waals surface area contributed by atoms with Gasteiger partial charge in [0.15, 0.2) is 11.5 Å². The third-order valence-corrected chi connectivity index (χ3v) is 5.39. The lowest BCUT2D eigenvalue weighted by Gasteiger charge is -2.30. The quantitative estimate of drug-likeness (QED) is 0.740. The number of nitrogens with zero attached hydrogens (tertiary/aromatic N) is 5. The number of carbonyl (C=O) groups excluding carboxylic acids is 1. The third kappa shape index (κ3) is 3.94. The first-order valence-electron chi connectivity index (χ1n) is 9.73. The van der Waals surface area contributed by atoms with Crippen molar-refractivity contribution in [2.24, 2.45) is 0 Å². The fraction of sp³-hybridized carbons (Fsp3) is 0.318. The monoisotopic (exact) mass is 388 g/mol. The molecule has 3 aromatic rings. The average Bonchev–Trinajstić information content (AvgIpc) is 2.74. The molecule has 0 saturated carbocycles. The van der Waals surface area contributed by atoms with Gasteiger partial charge in [0, 0.05) is 50.3 Å². The lowest BCUT2D eigenvalue weighted by atomic mass is 10.0. The summed E-state index contributed by atoms with van der Waals surface area (Å²) in [5.41, 5.74) is 6.74. The highest BCUT2D eigenvalue weighted by Crippen LogP contribution is 2.27. The van der Waals surface area contributed by atoms with Crippen LogP contribution in [-0.4, -0.2) is 32.6 Å². The first-order valence-corrected chi connectivity index (χ1v) is 9.73. The van der Waals surface area contributed by atoms with E-state index in [2.05, 4.69) is 43.4 Å². The molecule has 4 rings (SSSR count). The van der Waals surface area contributed by atoms with Crippen molar-refractivity contribution in [1.82, 2.24) is 25.5 Å². The van der Waals surface area contributed by atoms with E-state index in [0.717, 1.165) is 53.3 Å². The number of hydrogen-bond acceptors (Lipinski definition) is 6. The van der Waals surface area contributed by atoms with Crippen LogP contribution in [0.3, 0.4) is 0 Å². The van der Waals surface area contributed by atoms with E-state index in [1.54, 1.807) is 12.4 Å². The van der Waals surface area contributed by atoms with Gasteiger partial charge in [-0.3, -0.25) is 14.8 Å². The second-order valence-electron chi connectivity index (χ2n) is 7.45. The maximum atomic E-state index is 12.6. The maximum absolute atomic E-state index is 12.6. The zero-order valence-corrected chi connectivity index (χ0v) is 16.9. The fourth-order valence-corrected chi connectivity index (χ4v) is 3.60. The molecule has 0 spiro atoms. The van der Waals surface area contributed by atoms with Gasteiger partial charge >= 0.3 is 0 Å². The molecule has 0 saturated heterocycles. The van der Waals surface area contributed by atoms with Crippen LogP contribution < -0.4 is 10.2 Å². The number of nitrogens with one attached hydrogen (secondary N) is 1. The first kappa shape index (κ1) is 19.0. The number of pyridine rings is 2. The topological polar surface area (TPSA) is 83.9 Å². The Labute approximate surface area is 170 Å². The van der Waals surface area contributed by atoms with Gasteiger partial charge in [-0.05, 0) is 60.7 Å². The number of aryl methyl sites for hydroxylation is 1. The number of rotatable bonds is 4. The summed E-state index contributed by atoms with van der Waals surface area (Å²) in [5.74, 6) is 0.616. The number of anilines is 1. The molecule has 0 fully saturated rings. The van der Waals surface area contributed by atoms with E-state index >= 15 is 0 Å². The molecule has 29 heavy (non-hydrogen) atoms. The van der Waals surface area contributed by atoms with E-state index in [1.807, 2.05) is 32.2 Å². The van der Waals surface area contributed by atoms with Crippen LogP contribution in [0, 0.1) is 20.8 Å². The van der Waals surface area contributed by atoms with Gasteiger partial charge in [-0.15, -0.1) is 10.2 Å². The Hall–Kier alpha value is -3.35. The van der Waals surface area contributed by atoms with Crippen molar-refractivity contribution in [3.05, 3.63) is 76.0 Å². The molecular formula is C22H24N6O. The molecule has 0 bridgehead atoms. The molecule has 0 aromatic carbocycles. The van der Waals surface area contributed by atoms with Gasteiger partial charge in [-0.2, -0.15) is 0 Å². The Morgan fingerprint density at radius 2 is 1.93 bits per heavy atom. The summed E-state index contributed by atoms with van der Waals surface area (Å²) in [6.45, 7) is 8.01. The van der Waals surface area contributed by atoms with E-state index in [-0.39, 0.29) is 5.91 Å². The Balaban J connectivity index is 1.52. The van der Waals surface area contributed by atoms with Crippen molar-refractivity contribution >= 4 is 11.7 Å². The molecule has 3 aromatic heterocycles. The zero-order chi connectivity index (χ0) is 20.4. The minimum atomic E-state index is -0.217. The van der Waals surface area contributed by atoms with Crippen molar-refractivity contribution < 1.29 is 4.79 Å². The van der Waals surface area contributed by atoms with Crippen LogP contribution in [-0.2, 0) is 19.5 Å². The molecule has 7 heteroatoms. The lowest BCUT2D eigenvalue weighted by molar-refractivity contribution is 0.0944. The smallest absolute Gasteiger partial charge is 0.272 e. The Morgan fingerprint density at radius 1 is 1.14 bits per heavy atom. The molecule has 1 amide bonds. The second-order valence-corrected chi connectivity index (χ2v) is 7.45. The van der Waals surface area contributed by atoms with Gasteiger partial charge in [-0.25, -0.2) is 0 Å². The number of amides is 1. The highest BCUT2D eigenvalue weighted by Gasteiger charge is 2.23. The predicted octanol–water partition coefficient (Wildman–Crippen LogP) is 2.68. The molecule has 0 atom stereocenters. The summed E-state index contributed by atoms with van der Waals surface area (Å²) in [6, 6.07) is 5.93. The Morgan fingerprint density at radius 3 is 2.72 bits per heavy atom. The summed E-state index contributed by atoms with van der Waals surface area (Å²) in [6.07, 6.45) is 6.21. The van der Waals surface area contributed by atoms with Gasteiger partial charge < -0.3 is 10.2 Å². The van der Waals surface area contributed by atoms with Crippen LogP contribution in [0.2, 0.25) is 0 Å². The number of fused-ring (bicyclic) bond motifs is 1. The van der Waals surface area contributed by atoms with Crippen LogP contribution in [0.25, 0.3) is 0 Å². The number of hydrogen-bond donors (Lipinski definition) is 1. The van der Waals surface area contributed by atoms with Gasteiger partial charge in [0.1, 0.15) is 0 Å². The van der Waals surface area contributed by atoms with Crippen LogP contribution in [0.15, 0.2) is 36.8 Å². The molecule has 0 radical (unpaired) electrons. The molecular weight excluding hydrogens is 364 g/mol. The number of aromatic nitrogens is 4. The second kappa shape index (κ2) is 7.95. The van der Waals surface area contributed by atoms with Crippen LogP contribution in [0.5, 0.6) is 0 Å². The molecule has 0 aliphatic carbocycles. The molecule has 7 nitrogen and oxygen atoms in total. The van der Waals surface area contributed by atoms with E-state index in [0.29, 0.717) is 12.2 Å². The summed E-state index contributed by atoms with van der Waals surface area (Å²) in [7, 11) is 0. The van der Waals surface area contributed by atoms with Crippen molar-refractivity contribution in [1.29, 1.82) is 0 Å². The number of carbonyl (C=O) groups is 1. The van der Waals surface area contributed by atoms with E-state index in [4.69, 9.17) is 0 Å². The summed E-state index contributed by atoms with van der Waals surface area (Å²) in [4.78, 5) is 23.4. The van der Waals surface area contributed by atoms with E-state index in [9.17, 15) is 4.79 Å². The van der Waals surface area contributed by atoms with E-state index < -0.39 is 0 Å². The predicted molar refractivity (Wildman–Crippen MR) is 111 cm³/mol. The largest absolute Gasteiger partial charge is 0.350 e. The normalized spacial score (nSPS) is 13.1. The van der Waals surface area contributed by atoms with Gasteiger partial charge in [0.05, 0.1) is 0 Å². The minimum absolute atomic E-state index is 0.217. The van der Waals surface area contributed by atoms with Gasteiger partial charge in [-0.1, -0.05) is 6.07 Å².